The molecule has 2 amide bonds. The van der Waals surface area contributed by atoms with Gasteiger partial charge >= 0.3 is 6.09 Å². The third-order valence-electron chi connectivity index (χ3n) is 7.90. The van der Waals surface area contributed by atoms with Gasteiger partial charge in [0.25, 0.3) is 5.91 Å². The van der Waals surface area contributed by atoms with Crippen LogP contribution in [0, 0.1) is 11.8 Å². The largest absolute Gasteiger partial charge is 0.444 e. The number of hydrogen-bond acceptors (Lipinski definition) is 7. The smallest absolute Gasteiger partial charge is 0.407 e. The van der Waals surface area contributed by atoms with Crippen LogP contribution in [-0.4, -0.2) is 66.8 Å². The standard InChI is InChI=1S/C32H42N6O3/c1-32(2,3)41-31(40)36-20-23-10-8-22(9-11-23)19-35-30(39)26-18-28(37-27-7-5-4-6-25(26)27)24-12-13-29(34-21-24)38-16-14-33-15-17-38/h4-7,12-13,18,21-23,33H,8-11,14-17,19-20H2,1-3H3,(H,35,39)(H,36,40). The minimum Gasteiger partial charge on any atom is -0.444 e. The molecule has 3 heterocycles. The van der Waals surface area contributed by atoms with E-state index in [9.17, 15) is 9.59 Å². The van der Waals surface area contributed by atoms with E-state index >= 15 is 0 Å². The number of amides is 2. The Morgan fingerprint density at radius 1 is 0.976 bits per heavy atom. The van der Waals surface area contributed by atoms with Gasteiger partial charge in [-0.25, -0.2) is 14.8 Å². The summed E-state index contributed by atoms with van der Waals surface area (Å²) in [4.78, 5) is 37.3. The van der Waals surface area contributed by atoms with E-state index in [-0.39, 0.29) is 12.0 Å². The van der Waals surface area contributed by atoms with Gasteiger partial charge in [0.15, 0.2) is 0 Å². The number of para-hydroxylation sites is 1. The molecule has 2 fully saturated rings. The van der Waals surface area contributed by atoms with Crippen LogP contribution in [0.1, 0.15) is 56.8 Å². The molecule has 41 heavy (non-hydrogen) atoms. The number of ether oxygens (including phenoxy) is 1. The van der Waals surface area contributed by atoms with Gasteiger partial charge in [0.05, 0.1) is 16.8 Å². The maximum atomic E-state index is 13.5. The topological polar surface area (TPSA) is 108 Å². The highest BCUT2D eigenvalue weighted by atomic mass is 16.6. The van der Waals surface area contributed by atoms with Crippen LogP contribution in [-0.2, 0) is 4.74 Å². The minimum atomic E-state index is -0.493. The summed E-state index contributed by atoms with van der Waals surface area (Å²) in [5.41, 5.74) is 2.56. The number of alkyl carbamates (subject to hydrolysis) is 1. The lowest BCUT2D eigenvalue weighted by Crippen LogP contribution is -2.43. The maximum Gasteiger partial charge on any atom is 0.407 e. The predicted molar refractivity (Wildman–Crippen MR) is 162 cm³/mol. The molecule has 1 aromatic carbocycles. The first-order valence-electron chi connectivity index (χ1n) is 14.8. The molecule has 0 unspecified atom stereocenters. The average molecular weight is 559 g/mol. The van der Waals surface area contributed by atoms with Gasteiger partial charge in [-0.15, -0.1) is 0 Å². The fourth-order valence-electron chi connectivity index (χ4n) is 5.64. The van der Waals surface area contributed by atoms with Crippen molar-refractivity contribution in [3.8, 4) is 11.3 Å². The zero-order valence-electron chi connectivity index (χ0n) is 24.4. The molecule has 5 rings (SSSR count). The number of aromatic nitrogens is 2. The molecule has 0 bridgehead atoms. The molecule has 218 valence electrons. The summed E-state index contributed by atoms with van der Waals surface area (Å²) in [6, 6.07) is 13.8. The number of piperazine rings is 1. The fraction of sp³-hybridized carbons (Fsp3) is 0.500. The Kier molecular flexibility index (Phi) is 9.03. The van der Waals surface area contributed by atoms with E-state index in [4.69, 9.17) is 14.7 Å². The van der Waals surface area contributed by atoms with Crippen LogP contribution >= 0.6 is 0 Å². The summed E-state index contributed by atoms with van der Waals surface area (Å²) >= 11 is 0. The predicted octanol–water partition coefficient (Wildman–Crippen LogP) is 4.77. The Morgan fingerprint density at radius 2 is 1.66 bits per heavy atom. The van der Waals surface area contributed by atoms with Crippen molar-refractivity contribution in [1.82, 2.24) is 25.9 Å². The van der Waals surface area contributed by atoms with Crippen molar-refractivity contribution in [1.29, 1.82) is 0 Å². The number of rotatable bonds is 7. The first-order valence-corrected chi connectivity index (χ1v) is 14.8. The summed E-state index contributed by atoms with van der Waals surface area (Å²) in [5.74, 6) is 1.74. The normalized spacial score (nSPS) is 19.5. The Morgan fingerprint density at radius 3 is 2.32 bits per heavy atom. The van der Waals surface area contributed by atoms with Crippen molar-refractivity contribution in [3.05, 3.63) is 54.2 Å². The molecular formula is C32H42N6O3. The number of benzene rings is 1. The van der Waals surface area contributed by atoms with E-state index in [0.29, 0.717) is 30.5 Å². The average Bonchev–Trinajstić information content (AvgIpc) is 2.98. The highest BCUT2D eigenvalue weighted by Gasteiger charge is 2.24. The van der Waals surface area contributed by atoms with Crippen LogP contribution in [0.2, 0.25) is 0 Å². The molecule has 1 saturated carbocycles. The van der Waals surface area contributed by atoms with Crippen LogP contribution in [0.5, 0.6) is 0 Å². The molecule has 0 radical (unpaired) electrons. The summed E-state index contributed by atoms with van der Waals surface area (Å²) < 4.78 is 5.34. The van der Waals surface area contributed by atoms with E-state index in [1.807, 2.05) is 69.4 Å². The molecule has 9 heteroatoms. The second kappa shape index (κ2) is 12.9. The first-order chi connectivity index (χ1) is 19.7. The molecule has 3 N–H and O–H groups in total. The zero-order chi connectivity index (χ0) is 28.8. The molecule has 0 spiro atoms. The van der Waals surface area contributed by atoms with Crippen molar-refractivity contribution in [2.45, 2.75) is 52.1 Å². The number of pyridine rings is 2. The highest BCUT2D eigenvalue weighted by molar-refractivity contribution is 6.07. The number of fused-ring (bicyclic) bond motifs is 1. The van der Waals surface area contributed by atoms with Gasteiger partial charge in [0.2, 0.25) is 0 Å². The molecule has 2 aliphatic rings. The first kappa shape index (κ1) is 28.8. The summed E-state index contributed by atoms with van der Waals surface area (Å²) in [6.45, 7) is 10.7. The SMILES string of the molecule is CC(C)(C)OC(=O)NCC1CCC(CNC(=O)c2cc(-c3ccc(N4CCNCC4)nc3)nc3ccccc23)CC1. The number of nitrogens with one attached hydrogen (secondary N) is 3. The van der Waals surface area contributed by atoms with E-state index in [1.54, 1.807) is 0 Å². The lowest BCUT2D eigenvalue weighted by atomic mass is 9.82. The molecule has 3 aromatic rings. The van der Waals surface area contributed by atoms with E-state index in [0.717, 1.165) is 79.8 Å². The molecule has 1 aliphatic heterocycles. The second-order valence-electron chi connectivity index (χ2n) is 12.2. The monoisotopic (exact) mass is 558 g/mol. The minimum absolute atomic E-state index is 0.0797. The molecule has 1 saturated heterocycles. The quantitative estimate of drug-likeness (QED) is 0.383. The van der Waals surface area contributed by atoms with E-state index in [1.165, 1.54) is 0 Å². The third kappa shape index (κ3) is 7.73. The van der Waals surface area contributed by atoms with Crippen LogP contribution in [0.15, 0.2) is 48.7 Å². The van der Waals surface area contributed by atoms with Crippen LogP contribution in [0.3, 0.4) is 0 Å². The lowest BCUT2D eigenvalue weighted by molar-refractivity contribution is 0.0512. The van der Waals surface area contributed by atoms with Gasteiger partial charge in [0, 0.05) is 56.4 Å². The number of hydrogen-bond donors (Lipinski definition) is 3. The maximum absolute atomic E-state index is 13.5. The summed E-state index contributed by atoms with van der Waals surface area (Å²) in [5, 5.41) is 10.3. The Bertz CT molecular complexity index is 1340. The van der Waals surface area contributed by atoms with Gasteiger partial charge in [-0.2, -0.15) is 0 Å². The van der Waals surface area contributed by atoms with Crippen molar-refractivity contribution >= 4 is 28.7 Å². The van der Waals surface area contributed by atoms with Gasteiger partial charge in [-0.05, 0) is 82.6 Å². The Hall–Kier alpha value is -3.72. The van der Waals surface area contributed by atoms with Crippen LogP contribution < -0.4 is 20.9 Å². The van der Waals surface area contributed by atoms with E-state index in [2.05, 4.69) is 20.9 Å². The summed E-state index contributed by atoms with van der Waals surface area (Å²) in [7, 11) is 0. The lowest BCUT2D eigenvalue weighted by Gasteiger charge is -2.29. The Labute approximate surface area is 242 Å². The van der Waals surface area contributed by atoms with Crippen molar-refractivity contribution in [2.24, 2.45) is 11.8 Å². The van der Waals surface area contributed by atoms with Crippen molar-refractivity contribution in [2.75, 3.05) is 44.2 Å². The van der Waals surface area contributed by atoms with Gasteiger partial charge in [0.1, 0.15) is 11.4 Å². The molecule has 2 aromatic heterocycles. The zero-order valence-corrected chi connectivity index (χ0v) is 24.4. The highest BCUT2D eigenvalue weighted by Crippen LogP contribution is 2.29. The molecule has 1 aliphatic carbocycles. The van der Waals surface area contributed by atoms with Crippen LogP contribution in [0.25, 0.3) is 22.2 Å². The van der Waals surface area contributed by atoms with Gasteiger partial charge < -0.3 is 25.6 Å². The number of nitrogens with zero attached hydrogens (tertiary/aromatic N) is 3. The van der Waals surface area contributed by atoms with Crippen LogP contribution in [0.4, 0.5) is 10.6 Å². The second-order valence-corrected chi connectivity index (χ2v) is 12.2. The van der Waals surface area contributed by atoms with Crippen molar-refractivity contribution in [3.63, 3.8) is 0 Å². The number of carbonyl (C=O) groups excluding carboxylic acids is 2. The van der Waals surface area contributed by atoms with Gasteiger partial charge in [-0.3, -0.25) is 4.79 Å². The third-order valence-corrected chi connectivity index (χ3v) is 7.90. The fourth-order valence-corrected chi connectivity index (χ4v) is 5.64. The molecule has 9 nitrogen and oxygen atoms in total. The van der Waals surface area contributed by atoms with Crippen molar-refractivity contribution < 1.29 is 14.3 Å². The number of anilines is 1. The number of carbonyl (C=O) groups is 2. The molecule has 0 atom stereocenters. The van der Waals surface area contributed by atoms with E-state index < -0.39 is 5.60 Å². The Balaban J connectivity index is 1.19. The molecular weight excluding hydrogens is 516 g/mol. The van der Waals surface area contributed by atoms with Gasteiger partial charge in [-0.1, -0.05) is 18.2 Å². The summed E-state index contributed by atoms with van der Waals surface area (Å²) in [6.07, 6.45) is 5.59.